The summed E-state index contributed by atoms with van der Waals surface area (Å²) in [5, 5.41) is 3.07. The second-order valence-electron chi connectivity index (χ2n) is 8.37. The first-order valence-electron chi connectivity index (χ1n) is 10.9. The summed E-state index contributed by atoms with van der Waals surface area (Å²) in [7, 11) is 2.16. The zero-order valence-corrected chi connectivity index (χ0v) is 19.7. The van der Waals surface area contributed by atoms with Crippen LogP contribution in [0.3, 0.4) is 0 Å². The molecule has 0 bridgehead atoms. The second kappa shape index (κ2) is 8.92. The summed E-state index contributed by atoms with van der Waals surface area (Å²) < 4.78 is 1.11. The molecule has 32 heavy (non-hydrogen) atoms. The van der Waals surface area contributed by atoms with Gasteiger partial charge in [-0.2, -0.15) is 0 Å². The van der Waals surface area contributed by atoms with Crippen molar-refractivity contribution in [1.82, 2.24) is 9.88 Å². The third kappa shape index (κ3) is 4.23. The number of anilines is 3. The van der Waals surface area contributed by atoms with Crippen LogP contribution in [0.25, 0.3) is 11.1 Å². The van der Waals surface area contributed by atoms with Crippen LogP contribution in [-0.2, 0) is 6.42 Å². The molecule has 2 aliphatic rings. The number of fused-ring (bicyclic) bond motifs is 1. The minimum atomic E-state index is -0.0907. The van der Waals surface area contributed by atoms with Crippen LogP contribution in [0.5, 0.6) is 0 Å². The van der Waals surface area contributed by atoms with E-state index in [1.807, 2.05) is 41.3 Å². The van der Waals surface area contributed by atoms with Crippen molar-refractivity contribution in [1.29, 1.82) is 0 Å². The maximum atomic E-state index is 13.1. The minimum Gasteiger partial charge on any atom is -0.368 e. The number of benzene rings is 2. The molecule has 2 aliphatic heterocycles. The Bertz CT molecular complexity index is 1110. The average molecular weight is 492 g/mol. The molecule has 0 atom stereocenters. The largest absolute Gasteiger partial charge is 0.368 e. The molecular formula is C25H26BrN5O. The fraction of sp³-hybridized carbons (Fsp3) is 0.280. The predicted molar refractivity (Wildman–Crippen MR) is 134 cm³/mol. The van der Waals surface area contributed by atoms with Crippen molar-refractivity contribution in [3.05, 3.63) is 71.0 Å². The monoisotopic (exact) mass is 491 g/mol. The first kappa shape index (κ1) is 21.0. The van der Waals surface area contributed by atoms with Gasteiger partial charge in [0.25, 0.3) is 0 Å². The van der Waals surface area contributed by atoms with E-state index in [4.69, 9.17) is 0 Å². The Labute approximate surface area is 197 Å². The van der Waals surface area contributed by atoms with E-state index in [-0.39, 0.29) is 6.03 Å². The van der Waals surface area contributed by atoms with Gasteiger partial charge in [0.2, 0.25) is 0 Å². The number of nitrogens with zero attached hydrogens (tertiary/aromatic N) is 4. The van der Waals surface area contributed by atoms with Crippen LogP contribution in [0.2, 0.25) is 0 Å². The van der Waals surface area contributed by atoms with Gasteiger partial charge in [-0.3, -0.25) is 9.88 Å². The van der Waals surface area contributed by atoms with E-state index in [2.05, 4.69) is 55.2 Å². The summed E-state index contributed by atoms with van der Waals surface area (Å²) >= 11 is 3.76. The number of halogens is 1. The molecule has 1 saturated heterocycles. The normalized spacial score (nSPS) is 16.2. The molecular weight excluding hydrogens is 466 g/mol. The van der Waals surface area contributed by atoms with Crippen molar-refractivity contribution < 1.29 is 4.79 Å². The number of hydrogen-bond acceptors (Lipinski definition) is 4. The standard InChI is InChI=1S/C25H26BrN5O/c1-29-12-14-30(15-13-29)24-17-23-20(16-22(24)26)8-11-31(23)25(32)28-21-4-2-18(3-5-21)19-6-9-27-10-7-19/h2-7,9-10,16-17H,8,11-15H2,1H3,(H,28,32). The highest BCUT2D eigenvalue weighted by molar-refractivity contribution is 9.10. The van der Waals surface area contributed by atoms with Crippen molar-refractivity contribution in [2.45, 2.75) is 6.42 Å². The van der Waals surface area contributed by atoms with Crippen LogP contribution in [0.1, 0.15) is 5.56 Å². The molecule has 7 heteroatoms. The molecule has 1 fully saturated rings. The Kier molecular flexibility index (Phi) is 5.85. The van der Waals surface area contributed by atoms with Crippen LogP contribution in [0.15, 0.2) is 65.4 Å². The Balaban J connectivity index is 1.32. The summed E-state index contributed by atoms with van der Waals surface area (Å²) in [5.74, 6) is 0. The van der Waals surface area contributed by atoms with Crippen LogP contribution in [0, 0.1) is 0 Å². The average Bonchev–Trinajstić information content (AvgIpc) is 3.23. The van der Waals surface area contributed by atoms with E-state index in [1.165, 1.54) is 11.3 Å². The van der Waals surface area contributed by atoms with E-state index in [1.54, 1.807) is 12.4 Å². The lowest BCUT2D eigenvalue weighted by Crippen LogP contribution is -2.44. The first-order valence-corrected chi connectivity index (χ1v) is 11.7. The molecule has 0 spiro atoms. The van der Waals surface area contributed by atoms with E-state index in [0.29, 0.717) is 6.54 Å². The highest BCUT2D eigenvalue weighted by Crippen LogP contribution is 2.38. The summed E-state index contributed by atoms with van der Waals surface area (Å²) in [4.78, 5) is 23.8. The Morgan fingerprint density at radius 2 is 1.59 bits per heavy atom. The second-order valence-corrected chi connectivity index (χ2v) is 9.22. The van der Waals surface area contributed by atoms with Gasteiger partial charge in [-0.25, -0.2) is 4.79 Å². The van der Waals surface area contributed by atoms with Gasteiger partial charge in [0, 0.05) is 55.3 Å². The molecule has 0 unspecified atom stereocenters. The van der Waals surface area contributed by atoms with Crippen molar-refractivity contribution >= 4 is 39.0 Å². The van der Waals surface area contributed by atoms with Gasteiger partial charge in [0.05, 0.1) is 11.4 Å². The van der Waals surface area contributed by atoms with Crippen molar-refractivity contribution in [3.63, 3.8) is 0 Å². The molecule has 1 N–H and O–H groups in total. The van der Waals surface area contributed by atoms with Crippen LogP contribution in [-0.4, -0.2) is 55.7 Å². The lowest BCUT2D eigenvalue weighted by molar-refractivity contribution is 0.257. The smallest absolute Gasteiger partial charge is 0.326 e. The molecule has 0 saturated carbocycles. The molecule has 3 heterocycles. The van der Waals surface area contributed by atoms with Crippen molar-refractivity contribution in [3.8, 4) is 11.1 Å². The van der Waals surface area contributed by atoms with Gasteiger partial charge in [0.1, 0.15) is 0 Å². The summed E-state index contributed by atoms with van der Waals surface area (Å²) in [6, 6.07) is 16.1. The molecule has 3 aromatic rings. The number of urea groups is 1. The van der Waals surface area contributed by atoms with Gasteiger partial charge >= 0.3 is 6.03 Å². The zero-order chi connectivity index (χ0) is 22.1. The lowest BCUT2D eigenvalue weighted by Gasteiger charge is -2.35. The SMILES string of the molecule is CN1CCN(c2cc3c(cc2Br)CCN3C(=O)Nc2ccc(-c3ccncc3)cc2)CC1. The number of pyridine rings is 1. The van der Waals surface area contributed by atoms with Crippen molar-refractivity contribution in [2.24, 2.45) is 0 Å². The molecule has 0 aliphatic carbocycles. The Morgan fingerprint density at radius 3 is 2.31 bits per heavy atom. The number of hydrogen-bond donors (Lipinski definition) is 1. The molecule has 164 valence electrons. The topological polar surface area (TPSA) is 51.7 Å². The number of nitrogens with one attached hydrogen (secondary N) is 1. The molecule has 6 nitrogen and oxygen atoms in total. The first-order chi connectivity index (χ1) is 15.6. The number of aromatic nitrogens is 1. The van der Waals surface area contributed by atoms with Gasteiger partial charge < -0.3 is 15.1 Å². The highest BCUT2D eigenvalue weighted by Gasteiger charge is 2.28. The van der Waals surface area contributed by atoms with Gasteiger partial charge in [0.15, 0.2) is 0 Å². The van der Waals surface area contributed by atoms with Crippen LogP contribution < -0.4 is 15.1 Å². The Morgan fingerprint density at radius 1 is 0.906 bits per heavy atom. The molecule has 5 rings (SSSR count). The number of amides is 2. The van der Waals surface area contributed by atoms with E-state index in [0.717, 1.165) is 59.6 Å². The molecule has 2 aromatic carbocycles. The van der Waals surface area contributed by atoms with Gasteiger partial charge in [-0.05, 0) is 82.5 Å². The third-order valence-electron chi connectivity index (χ3n) is 6.28. The molecule has 2 amide bonds. The third-order valence-corrected chi connectivity index (χ3v) is 6.92. The fourth-order valence-corrected chi connectivity index (χ4v) is 5.02. The van der Waals surface area contributed by atoms with E-state index < -0.39 is 0 Å². The van der Waals surface area contributed by atoms with Gasteiger partial charge in [-0.15, -0.1) is 0 Å². The number of piperazine rings is 1. The van der Waals surface area contributed by atoms with Gasteiger partial charge in [-0.1, -0.05) is 12.1 Å². The summed E-state index contributed by atoms with van der Waals surface area (Å²) in [6.45, 7) is 4.76. The minimum absolute atomic E-state index is 0.0907. The fourth-order valence-electron chi connectivity index (χ4n) is 4.38. The predicted octanol–water partition coefficient (Wildman–Crippen LogP) is 4.86. The number of carbonyl (C=O) groups excluding carboxylic acids is 1. The van der Waals surface area contributed by atoms with Crippen LogP contribution >= 0.6 is 15.9 Å². The highest BCUT2D eigenvalue weighted by atomic mass is 79.9. The van der Waals surface area contributed by atoms with Crippen LogP contribution in [0.4, 0.5) is 21.9 Å². The maximum absolute atomic E-state index is 13.1. The number of likely N-dealkylation sites (N-methyl/N-ethyl adjacent to an activating group) is 1. The summed E-state index contributed by atoms with van der Waals surface area (Å²) in [6.07, 6.45) is 4.43. The summed E-state index contributed by atoms with van der Waals surface area (Å²) in [5.41, 5.74) is 6.37. The Hall–Kier alpha value is -2.90. The maximum Gasteiger partial charge on any atom is 0.326 e. The molecule has 0 radical (unpaired) electrons. The van der Waals surface area contributed by atoms with E-state index >= 15 is 0 Å². The molecule has 1 aromatic heterocycles. The number of carbonyl (C=O) groups is 1. The lowest BCUT2D eigenvalue weighted by atomic mass is 10.1. The van der Waals surface area contributed by atoms with Crippen molar-refractivity contribution in [2.75, 3.05) is 54.9 Å². The van der Waals surface area contributed by atoms with E-state index in [9.17, 15) is 4.79 Å². The quantitative estimate of drug-likeness (QED) is 0.568. The zero-order valence-electron chi connectivity index (χ0n) is 18.1. The number of rotatable bonds is 3.